The molecule has 35 heavy (non-hydrogen) atoms. The van der Waals surface area contributed by atoms with Crippen molar-refractivity contribution in [2.75, 3.05) is 0 Å². The molecule has 0 N–H and O–H groups in total. The molecule has 1 aromatic carbocycles. The molecule has 1 heterocycles. The van der Waals surface area contributed by atoms with E-state index in [0.717, 1.165) is 17.7 Å². The van der Waals surface area contributed by atoms with E-state index in [4.69, 9.17) is 8.85 Å². The maximum Gasteiger partial charge on any atom is 0.172 e. The van der Waals surface area contributed by atoms with Gasteiger partial charge in [0.2, 0.25) is 0 Å². The molecule has 0 radical (unpaired) electrons. The molecule has 0 fully saturated rings. The van der Waals surface area contributed by atoms with Crippen LogP contribution in [0.25, 0.3) is 0 Å². The summed E-state index contributed by atoms with van der Waals surface area (Å²) < 4.78 is 13.3. The van der Waals surface area contributed by atoms with Crippen molar-refractivity contribution in [2.45, 2.75) is 117 Å². The fourth-order valence-corrected chi connectivity index (χ4v) is 6.69. The minimum Gasteiger partial charge on any atom is -0.415 e. The molecular formula is C29H48O3SSi2. The largest absolute Gasteiger partial charge is 0.415 e. The third-order valence-corrected chi connectivity index (χ3v) is 10.5. The van der Waals surface area contributed by atoms with Gasteiger partial charge in [0.05, 0.1) is 16.1 Å². The second-order valence-corrected chi connectivity index (χ2v) is 19.5. The zero-order chi connectivity index (χ0) is 26.7. The van der Waals surface area contributed by atoms with E-state index >= 15 is 0 Å². The van der Waals surface area contributed by atoms with E-state index in [1.165, 1.54) is 22.3 Å². The quantitative estimate of drug-likeness (QED) is 0.226. The van der Waals surface area contributed by atoms with Crippen molar-refractivity contribution in [1.82, 2.24) is 0 Å². The highest BCUT2D eigenvalue weighted by atomic mass is 32.1. The van der Waals surface area contributed by atoms with Gasteiger partial charge in [0.15, 0.2) is 25.3 Å². The van der Waals surface area contributed by atoms with Crippen LogP contribution in [0, 0.1) is 0 Å². The van der Waals surface area contributed by atoms with Crippen LogP contribution in [0.4, 0.5) is 0 Å². The second kappa shape index (κ2) is 11.6. The summed E-state index contributed by atoms with van der Waals surface area (Å²) in [7, 11) is -1.44. The Morgan fingerprint density at radius 3 is 1.80 bits per heavy atom. The van der Waals surface area contributed by atoms with Crippen LogP contribution in [0.5, 0.6) is 0 Å². The van der Waals surface area contributed by atoms with E-state index in [1.54, 1.807) is 11.3 Å². The van der Waals surface area contributed by atoms with Crippen molar-refractivity contribution in [3.8, 4) is 0 Å². The summed E-state index contributed by atoms with van der Waals surface area (Å²) in [6.45, 7) is 24.4. The lowest BCUT2D eigenvalue weighted by Gasteiger charge is -2.38. The van der Waals surface area contributed by atoms with E-state index in [9.17, 15) is 4.79 Å². The van der Waals surface area contributed by atoms with Gasteiger partial charge in [0.1, 0.15) is 0 Å². The average molecular weight is 533 g/mol. The lowest BCUT2D eigenvalue weighted by Crippen LogP contribution is -2.34. The highest BCUT2D eigenvalue weighted by Gasteiger charge is 2.33. The Hall–Kier alpha value is -1.06. The zero-order valence-electron chi connectivity index (χ0n) is 24.1. The van der Waals surface area contributed by atoms with E-state index in [-0.39, 0.29) is 27.1 Å². The van der Waals surface area contributed by atoms with Gasteiger partial charge in [-0.05, 0) is 84.3 Å². The van der Waals surface area contributed by atoms with Crippen molar-refractivity contribution in [2.24, 2.45) is 0 Å². The number of carbonyl (C=O) groups excluding carboxylic acids is 1. The molecule has 3 nitrogen and oxygen atoms in total. The smallest absolute Gasteiger partial charge is 0.172 e. The lowest BCUT2D eigenvalue weighted by molar-refractivity contribution is 0.0829. The molecule has 0 bridgehead atoms. The molecular weight excluding hydrogens is 485 g/mol. The van der Waals surface area contributed by atoms with Crippen LogP contribution in [0.2, 0.25) is 10.1 Å². The molecule has 0 spiro atoms. The zero-order valence-corrected chi connectivity index (χ0v) is 27.7. The van der Waals surface area contributed by atoms with Crippen LogP contribution in [-0.2, 0) is 32.9 Å². The van der Waals surface area contributed by atoms with Gasteiger partial charge in [-0.3, -0.25) is 4.79 Å². The van der Waals surface area contributed by atoms with Gasteiger partial charge < -0.3 is 8.85 Å². The first-order valence-corrected chi connectivity index (χ1v) is 16.4. The van der Waals surface area contributed by atoms with Crippen LogP contribution >= 0.6 is 11.3 Å². The SMILES string of the molecule is CCC(=O)c1cc(CCc2ccc(C(C)(C)O[SiH2]C(C)(C)C)c(C(C)(C)O[SiH2]C(C)(C)C)c2)cs1. The Labute approximate surface area is 223 Å². The first-order chi connectivity index (χ1) is 15.9. The predicted octanol–water partition coefficient (Wildman–Crippen LogP) is 7.23. The standard InChI is InChI=1S/C29H48O3SSi2/c1-12-24(30)25-18-21(19-33-25)14-13-20-15-16-22(28(8,9)31-34-26(2,3)4)23(17-20)29(10,11)32-35-27(5,6)7/h15-19H,12-14,34-35H2,1-11H3. The number of hydrogen-bond donors (Lipinski definition) is 0. The van der Waals surface area contributed by atoms with Crippen molar-refractivity contribution >= 4 is 36.6 Å². The van der Waals surface area contributed by atoms with Crippen molar-refractivity contribution in [1.29, 1.82) is 0 Å². The van der Waals surface area contributed by atoms with Gasteiger partial charge in [0, 0.05) is 6.42 Å². The van der Waals surface area contributed by atoms with Crippen LogP contribution < -0.4 is 0 Å². The molecule has 0 aliphatic carbocycles. The Morgan fingerprint density at radius 1 is 0.771 bits per heavy atom. The minimum absolute atomic E-state index is 0.229. The summed E-state index contributed by atoms with van der Waals surface area (Å²) >= 11 is 1.57. The summed E-state index contributed by atoms with van der Waals surface area (Å²) in [5.74, 6) is 0.232. The van der Waals surface area contributed by atoms with Crippen molar-refractivity contribution in [3.63, 3.8) is 0 Å². The first-order valence-electron chi connectivity index (χ1n) is 13.0. The number of Topliss-reactive ketones (excluding diaryl/α,β-unsaturated/α-hetero) is 1. The molecule has 0 amide bonds. The Balaban J connectivity index is 2.36. The number of thiophene rings is 1. The number of benzene rings is 1. The first kappa shape index (κ1) is 30.2. The highest BCUT2D eigenvalue weighted by molar-refractivity contribution is 7.12. The highest BCUT2D eigenvalue weighted by Crippen LogP contribution is 2.39. The lowest BCUT2D eigenvalue weighted by atomic mass is 9.84. The Kier molecular flexibility index (Phi) is 9.96. The fraction of sp³-hybridized carbons (Fsp3) is 0.621. The normalized spacial score (nSPS) is 14.0. The number of carbonyl (C=O) groups is 1. The summed E-state index contributed by atoms with van der Waals surface area (Å²) in [4.78, 5) is 12.9. The van der Waals surface area contributed by atoms with E-state index in [0.29, 0.717) is 6.42 Å². The van der Waals surface area contributed by atoms with E-state index in [2.05, 4.69) is 98.9 Å². The maximum absolute atomic E-state index is 12.0. The van der Waals surface area contributed by atoms with Gasteiger partial charge in [0.25, 0.3) is 0 Å². The molecule has 0 saturated heterocycles. The molecule has 196 valence electrons. The second-order valence-electron chi connectivity index (χ2n) is 13.2. The van der Waals surface area contributed by atoms with Gasteiger partial charge in [-0.1, -0.05) is 66.7 Å². The third kappa shape index (κ3) is 9.40. The monoisotopic (exact) mass is 532 g/mol. The maximum atomic E-state index is 12.0. The summed E-state index contributed by atoms with van der Waals surface area (Å²) in [6.07, 6.45) is 2.43. The minimum atomic E-state index is -0.728. The molecule has 0 saturated carbocycles. The van der Waals surface area contributed by atoms with Gasteiger partial charge in [-0.2, -0.15) is 0 Å². The van der Waals surface area contributed by atoms with Crippen LogP contribution in [0.15, 0.2) is 29.6 Å². The summed E-state index contributed by atoms with van der Waals surface area (Å²) in [5, 5.41) is 2.60. The molecule has 0 aliphatic heterocycles. The Bertz CT molecular complexity index is 994. The topological polar surface area (TPSA) is 35.5 Å². The predicted molar refractivity (Wildman–Crippen MR) is 158 cm³/mol. The van der Waals surface area contributed by atoms with Gasteiger partial charge >= 0.3 is 0 Å². The van der Waals surface area contributed by atoms with Gasteiger partial charge in [-0.15, -0.1) is 11.3 Å². The number of ketones is 1. The molecule has 1 aromatic heterocycles. The number of rotatable bonds is 11. The third-order valence-electron chi connectivity index (χ3n) is 6.07. The molecule has 2 aromatic rings. The fourth-order valence-electron chi connectivity index (χ4n) is 3.84. The molecule has 0 atom stereocenters. The van der Waals surface area contributed by atoms with E-state index in [1.807, 2.05) is 6.92 Å². The van der Waals surface area contributed by atoms with Crippen molar-refractivity contribution < 1.29 is 13.6 Å². The molecule has 6 heteroatoms. The van der Waals surface area contributed by atoms with Gasteiger partial charge in [-0.25, -0.2) is 0 Å². The number of aryl methyl sites for hydroxylation is 2. The van der Waals surface area contributed by atoms with Crippen LogP contribution in [0.1, 0.15) is 115 Å². The number of hydrogen-bond acceptors (Lipinski definition) is 4. The van der Waals surface area contributed by atoms with E-state index < -0.39 is 19.5 Å². The Morgan fingerprint density at radius 2 is 1.29 bits per heavy atom. The molecule has 2 rings (SSSR count). The van der Waals surface area contributed by atoms with Crippen LogP contribution in [-0.4, -0.2) is 25.3 Å². The summed E-state index contributed by atoms with van der Waals surface area (Å²) in [5.41, 5.74) is 4.28. The molecule has 0 unspecified atom stereocenters. The van der Waals surface area contributed by atoms with Crippen molar-refractivity contribution in [3.05, 3.63) is 56.8 Å². The molecule has 0 aliphatic rings. The van der Waals surface area contributed by atoms with Crippen LogP contribution in [0.3, 0.4) is 0 Å². The average Bonchev–Trinajstić information content (AvgIpc) is 3.22. The summed E-state index contributed by atoms with van der Waals surface area (Å²) in [6, 6.07) is 8.94.